The SMILES string of the molecule is C=C(C)C(=O)Oc1ccc(-c2ccc(OCCOC(=O)C(=C)COC)cc2)cc1. The van der Waals surface area contributed by atoms with Gasteiger partial charge in [-0.1, -0.05) is 37.4 Å². The number of methoxy groups -OCH3 is 1. The van der Waals surface area contributed by atoms with Gasteiger partial charge in [0.05, 0.1) is 12.2 Å². The molecule has 0 aliphatic rings. The summed E-state index contributed by atoms with van der Waals surface area (Å²) in [4.78, 5) is 23.1. The van der Waals surface area contributed by atoms with Crippen LogP contribution >= 0.6 is 0 Å². The molecule has 6 heteroatoms. The molecule has 6 nitrogen and oxygen atoms in total. The largest absolute Gasteiger partial charge is 0.490 e. The molecule has 0 spiro atoms. The first-order chi connectivity index (χ1) is 13.9. The van der Waals surface area contributed by atoms with Gasteiger partial charge in [0.2, 0.25) is 0 Å². The molecule has 0 bridgehead atoms. The van der Waals surface area contributed by atoms with Crippen molar-refractivity contribution in [1.29, 1.82) is 0 Å². The molecular formula is C23H24O6. The van der Waals surface area contributed by atoms with Crippen molar-refractivity contribution in [2.45, 2.75) is 6.92 Å². The molecule has 0 saturated heterocycles. The average Bonchev–Trinajstić information content (AvgIpc) is 2.72. The molecule has 0 aliphatic carbocycles. The van der Waals surface area contributed by atoms with Gasteiger partial charge >= 0.3 is 11.9 Å². The Hall–Kier alpha value is -3.38. The Morgan fingerprint density at radius 3 is 1.90 bits per heavy atom. The minimum absolute atomic E-state index is 0.119. The lowest BCUT2D eigenvalue weighted by atomic mass is 10.1. The highest BCUT2D eigenvalue weighted by molar-refractivity contribution is 5.89. The van der Waals surface area contributed by atoms with Crippen LogP contribution in [-0.2, 0) is 19.1 Å². The second-order valence-corrected chi connectivity index (χ2v) is 6.24. The summed E-state index contributed by atoms with van der Waals surface area (Å²) < 4.78 is 20.6. The van der Waals surface area contributed by atoms with Gasteiger partial charge in [0.1, 0.15) is 24.7 Å². The molecule has 0 unspecified atom stereocenters. The first kappa shape index (κ1) is 21.9. The maximum Gasteiger partial charge on any atom is 0.338 e. The van der Waals surface area contributed by atoms with Crippen molar-refractivity contribution < 1.29 is 28.5 Å². The minimum atomic E-state index is -0.497. The highest BCUT2D eigenvalue weighted by Crippen LogP contribution is 2.25. The average molecular weight is 396 g/mol. The summed E-state index contributed by atoms with van der Waals surface area (Å²) in [5.74, 6) is 0.174. The van der Waals surface area contributed by atoms with Gasteiger partial charge in [0, 0.05) is 12.7 Å². The van der Waals surface area contributed by atoms with Crippen molar-refractivity contribution in [3.8, 4) is 22.6 Å². The zero-order chi connectivity index (χ0) is 21.2. The Balaban J connectivity index is 1.84. The predicted molar refractivity (Wildman–Crippen MR) is 110 cm³/mol. The maximum atomic E-state index is 11.6. The fourth-order valence-corrected chi connectivity index (χ4v) is 2.28. The molecule has 0 aromatic heterocycles. The number of ether oxygens (including phenoxy) is 4. The zero-order valence-electron chi connectivity index (χ0n) is 16.6. The lowest BCUT2D eigenvalue weighted by Crippen LogP contribution is -2.15. The van der Waals surface area contributed by atoms with Gasteiger partial charge in [0.25, 0.3) is 0 Å². The predicted octanol–water partition coefficient (Wildman–Crippen LogP) is 3.96. The van der Waals surface area contributed by atoms with Crippen LogP contribution in [-0.4, -0.2) is 38.9 Å². The van der Waals surface area contributed by atoms with E-state index in [9.17, 15) is 9.59 Å². The Kier molecular flexibility index (Phi) is 8.18. The van der Waals surface area contributed by atoms with Crippen molar-refractivity contribution in [2.75, 3.05) is 26.9 Å². The van der Waals surface area contributed by atoms with E-state index in [1.165, 1.54) is 7.11 Å². The van der Waals surface area contributed by atoms with Gasteiger partial charge < -0.3 is 18.9 Å². The van der Waals surface area contributed by atoms with Crippen molar-refractivity contribution in [1.82, 2.24) is 0 Å². The summed E-state index contributed by atoms with van der Waals surface area (Å²) in [5, 5.41) is 0. The highest BCUT2D eigenvalue weighted by atomic mass is 16.6. The minimum Gasteiger partial charge on any atom is -0.490 e. The van der Waals surface area contributed by atoms with Gasteiger partial charge in [-0.2, -0.15) is 0 Å². The van der Waals surface area contributed by atoms with Crippen LogP contribution in [0.15, 0.2) is 72.8 Å². The molecule has 2 rings (SSSR count). The Morgan fingerprint density at radius 1 is 0.828 bits per heavy atom. The van der Waals surface area contributed by atoms with Gasteiger partial charge in [-0.3, -0.25) is 0 Å². The summed E-state index contributed by atoms with van der Waals surface area (Å²) >= 11 is 0. The van der Waals surface area contributed by atoms with Crippen LogP contribution in [0, 0.1) is 0 Å². The molecule has 2 aromatic carbocycles. The van der Waals surface area contributed by atoms with Crippen LogP contribution < -0.4 is 9.47 Å². The quantitative estimate of drug-likeness (QED) is 0.262. The second-order valence-electron chi connectivity index (χ2n) is 6.24. The van der Waals surface area contributed by atoms with Gasteiger partial charge in [0.15, 0.2) is 0 Å². The third-order valence-electron chi connectivity index (χ3n) is 3.79. The fraction of sp³-hybridized carbons (Fsp3) is 0.217. The lowest BCUT2D eigenvalue weighted by Gasteiger charge is -2.09. The van der Waals surface area contributed by atoms with Gasteiger partial charge in [-0.25, -0.2) is 9.59 Å². The molecule has 0 aliphatic heterocycles. The first-order valence-corrected chi connectivity index (χ1v) is 8.95. The number of benzene rings is 2. The lowest BCUT2D eigenvalue weighted by molar-refractivity contribution is -0.140. The van der Waals surface area contributed by atoms with Crippen molar-refractivity contribution in [3.63, 3.8) is 0 Å². The number of rotatable bonds is 10. The molecule has 0 atom stereocenters. The standard InChI is InChI=1S/C23H24O6/c1-16(2)22(24)29-21-11-7-19(8-12-21)18-5-9-20(10-6-18)27-13-14-28-23(25)17(3)15-26-4/h5-12H,1,3,13-15H2,2,4H3. The van der Waals surface area contributed by atoms with Crippen molar-refractivity contribution >= 4 is 11.9 Å². The topological polar surface area (TPSA) is 71.1 Å². The molecule has 0 amide bonds. The summed E-state index contributed by atoms with van der Waals surface area (Å²) in [6.45, 7) is 9.22. The number of esters is 2. The molecule has 2 aromatic rings. The van der Waals surface area contributed by atoms with Gasteiger partial charge in [-0.05, 0) is 42.3 Å². The molecule has 0 radical (unpaired) electrons. The van der Waals surface area contributed by atoms with Crippen LogP contribution in [0.2, 0.25) is 0 Å². The summed E-state index contributed by atoms with van der Waals surface area (Å²) in [6.07, 6.45) is 0. The van der Waals surface area contributed by atoms with Crippen molar-refractivity contribution in [3.05, 3.63) is 72.8 Å². The van der Waals surface area contributed by atoms with E-state index in [-0.39, 0.29) is 25.4 Å². The first-order valence-electron chi connectivity index (χ1n) is 8.95. The van der Waals surface area contributed by atoms with E-state index in [0.29, 0.717) is 17.1 Å². The fourth-order valence-electron chi connectivity index (χ4n) is 2.28. The van der Waals surface area contributed by atoms with Gasteiger partial charge in [-0.15, -0.1) is 0 Å². The van der Waals surface area contributed by atoms with E-state index in [2.05, 4.69) is 13.2 Å². The molecular weight excluding hydrogens is 372 g/mol. The van der Waals surface area contributed by atoms with Crippen molar-refractivity contribution in [2.24, 2.45) is 0 Å². The summed E-state index contributed by atoms with van der Waals surface area (Å²) in [6, 6.07) is 14.7. The maximum absolute atomic E-state index is 11.6. The van der Waals surface area contributed by atoms with E-state index >= 15 is 0 Å². The number of carbonyl (C=O) groups excluding carboxylic acids is 2. The zero-order valence-corrected chi connectivity index (χ0v) is 16.6. The van der Waals surface area contributed by atoms with E-state index < -0.39 is 11.9 Å². The van der Waals surface area contributed by atoms with Crippen LogP contribution in [0.4, 0.5) is 0 Å². The van der Waals surface area contributed by atoms with E-state index in [1.807, 2.05) is 36.4 Å². The third-order valence-corrected chi connectivity index (χ3v) is 3.79. The second kappa shape index (κ2) is 10.8. The number of hydrogen-bond donors (Lipinski definition) is 0. The molecule has 29 heavy (non-hydrogen) atoms. The third kappa shape index (κ3) is 6.93. The molecule has 0 heterocycles. The highest BCUT2D eigenvalue weighted by Gasteiger charge is 2.08. The molecule has 0 N–H and O–H groups in total. The Labute approximate surface area is 170 Å². The molecule has 0 fully saturated rings. The monoisotopic (exact) mass is 396 g/mol. The number of hydrogen-bond acceptors (Lipinski definition) is 6. The van der Waals surface area contributed by atoms with E-state index in [4.69, 9.17) is 18.9 Å². The Morgan fingerprint density at radius 2 is 1.38 bits per heavy atom. The van der Waals surface area contributed by atoms with E-state index in [0.717, 1.165) is 11.1 Å². The van der Waals surface area contributed by atoms with E-state index in [1.54, 1.807) is 19.1 Å². The summed E-state index contributed by atoms with van der Waals surface area (Å²) in [7, 11) is 1.48. The Bertz CT molecular complexity index is 865. The number of carbonyl (C=O) groups is 2. The van der Waals surface area contributed by atoms with Crippen LogP contribution in [0.1, 0.15) is 6.92 Å². The van der Waals surface area contributed by atoms with Crippen LogP contribution in [0.25, 0.3) is 11.1 Å². The smallest absolute Gasteiger partial charge is 0.338 e. The van der Waals surface area contributed by atoms with Crippen LogP contribution in [0.5, 0.6) is 11.5 Å². The van der Waals surface area contributed by atoms with Crippen LogP contribution in [0.3, 0.4) is 0 Å². The summed E-state index contributed by atoms with van der Waals surface area (Å²) in [5.41, 5.74) is 2.56. The molecule has 0 saturated carbocycles. The molecule has 152 valence electrons. The normalized spacial score (nSPS) is 10.1.